The van der Waals surface area contributed by atoms with Gasteiger partial charge in [-0.3, -0.25) is 4.90 Å². The first-order valence-corrected chi connectivity index (χ1v) is 6.85. The monoisotopic (exact) mass is 263 g/mol. The molecular weight excluding hydrogens is 241 g/mol. The highest BCUT2D eigenvalue weighted by molar-refractivity contribution is 6.58. The van der Waals surface area contributed by atoms with Crippen LogP contribution in [0.25, 0.3) is 0 Å². The molecule has 0 bridgehead atoms. The average Bonchev–Trinajstić information content (AvgIpc) is 2.92. The summed E-state index contributed by atoms with van der Waals surface area (Å²) in [5, 5.41) is 18.5. The fourth-order valence-electron chi connectivity index (χ4n) is 2.83. The van der Waals surface area contributed by atoms with Gasteiger partial charge in [-0.1, -0.05) is 25.0 Å². The molecule has 0 aromatic heterocycles. The molecule has 0 saturated heterocycles. The van der Waals surface area contributed by atoms with Crippen molar-refractivity contribution in [3.05, 3.63) is 23.8 Å². The van der Waals surface area contributed by atoms with Crippen LogP contribution in [0.15, 0.2) is 18.2 Å². The first kappa shape index (κ1) is 14.4. The molecule has 1 aromatic carbocycles. The summed E-state index contributed by atoms with van der Waals surface area (Å²) in [6.07, 6.45) is 5.12. The van der Waals surface area contributed by atoms with E-state index in [1.807, 2.05) is 6.07 Å². The van der Waals surface area contributed by atoms with Gasteiger partial charge in [0, 0.05) is 18.2 Å². The molecule has 1 aromatic rings. The van der Waals surface area contributed by atoms with Crippen LogP contribution in [-0.2, 0) is 6.54 Å². The van der Waals surface area contributed by atoms with Crippen LogP contribution >= 0.6 is 0 Å². The van der Waals surface area contributed by atoms with E-state index in [0.717, 1.165) is 17.9 Å². The fourth-order valence-corrected chi connectivity index (χ4v) is 2.83. The second kappa shape index (κ2) is 6.41. The van der Waals surface area contributed by atoms with Crippen LogP contribution in [-0.4, -0.2) is 42.3 Å². The maximum Gasteiger partial charge on any atom is 0.488 e. The molecule has 0 radical (unpaired) electrons. The number of hydrogen-bond donors (Lipinski definition) is 2. The van der Waals surface area contributed by atoms with Gasteiger partial charge in [-0.25, -0.2) is 0 Å². The maximum absolute atomic E-state index is 9.26. The molecule has 0 atom stereocenters. The Bertz CT molecular complexity index is 419. The van der Waals surface area contributed by atoms with Gasteiger partial charge in [-0.15, -0.1) is 0 Å². The van der Waals surface area contributed by atoms with Crippen LogP contribution in [0.2, 0.25) is 0 Å². The predicted molar refractivity (Wildman–Crippen MR) is 76.5 cm³/mol. The molecule has 0 heterocycles. The van der Waals surface area contributed by atoms with Gasteiger partial charge in [-0.05, 0) is 31.4 Å². The maximum atomic E-state index is 9.26. The minimum atomic E-state index is -1.43. The lowest BCUT2D eigenvalue weighted by Gasteiger charge is -2.25. The second-order valence-corrected chi connectivity index (χ2v) is 5.30. The van der Waals surface area contributed by atoms with E-state index in [0.29, 0.717) is 11.5 Å². The van der Waals surface area contributed by atoms with E-state index in [9.17, 15) is 10.0 Å². The quantitative estimate of drug-likeness (QED) is 0.770. The second-order valence-electron chi connectivity index (χ2n) is 5.30. The Morgan fingerprint density at radius 2 is 2.00 bits per heavy atom. The molecule has 1 aliphatic rings. The van der Waals surface area contributed by atoms with Crippen LogP contribution in [0.4, 0.5) is 0 Å². The SMILES string of the molecule is COc1ccc(B(O)O)cc1CN(C)C1CCCC1. The molecule has 0 spiro atoms. The molecule has 1 fully saturated rings. The summed E-state index contributed by atoms with van der Waals surface area (Å²) in [6.45, 7) is 0.772. The summed E-state index contributed by atoms with van der Waals surface area (Å²) < 4.78 is 5.35. The minimum absolute atomic E-state index is 0.510. The number of rotatable bonds is 5. The molecular formula is C14H22BNO3. The Kier molecular flexibility index (Phi) is 4.85. The highest BCUT2D eigenvalue weighted by atomic mass is 16.5. The van der Waals surface area contributed by atoms with E-state index in [4.69, 9.17) is 4.74 Å². The third-order valence-electron chi connectivity index (χ3n) is 3.97. The van der Waals surface area contributed by atoms with Crippen LogP contribution < -0.4 is 10.2 Å². The van der Waals surface area contributed by atoms with Crippen molar-refractivity contribution in [2.75, 3.05) is 14.2 Å². The zero-order valence-electron chi connectivity index (χ0n) is 11.7. The van der Waals surface area contributed by atoms with Crippen LogP contribution in [0.1, 0.15) is 31.2 Å². The Balaban J connectivity index is 2.14. The van der Waals surface area contributed by atoms with Gasteiger partial charge in [0.2, 0.25) is 0 Å². The van der Waals surface area contributed by atoms with Gasteiger partial charge in [0.05, 0.1) is 7.11 Å². The molecule has 1 aliphatic carbocycles. The summed E-state index contributed by atoms with van der Waals surface area (Å²) in [6, 6.07) is 5.93. The van der Waals surface area contributed by atoms with Crippen molar-refractivity contribution in [1.29, 1.82) is 0 Å². The van der Waals surface area contributed by atoms with Crippen molar-refractivity contribution in [3.8, 4) is 5.75 Å². The predicted octanol–water partition coefficient (Wildman–Crippen LogP) is 0.749. The zero-order valence-corrected chi connectivity index (χ0v) is 11.7. The molecule has 0 aliphatic heterocycles. The third kappa shape index (κ3) is 3.50. The molecule has 104 valence electrons. The molecule has 2 N–H and O–H groups in total. The number of hydrogen-bond acceptors (Lipinski definition) is 4. The fraction of sp³-hybridized carbons (Fsp3) is 0.571. The van der Waals surface area contributed by atoms with Crippen molar-refractivity contribution >= 4 is 12.6 Å². The lowest BCUT2D eigenvalue weighted by atomic mass is 9.79. The van der Waals surface area contributed by atoms with E-state index in [1.54, 1.807) is 19.2 Å². The molecule has 5 heteroatoms. The number of ether oxygens (including phenoxy) is 1. The van der Waals surface area contributed by atoms with Gasteiger partial charge in [0.1, 0.15) is 5.75 Å². The first-order chi connectivity index (χ1) is 9.11. The van der Waals surface area contributed by atoms with Crippen molar-refractivity contribution < 1.29 is 14.8 Å². The minimum Gasteiger partial charge on any atom is -0.496 e. The molecule has 4 nitrogen and oxygen atoms in total. The first-order valence-electron chi connectivity index (χ1n) is 6.85. The smallest absolute Gasteiger partial charge is 0.488 e. The van der Waals surface area contributed by atoms with E-state index >= 15 is 0 Å². The molecule has 19 heavy (non-hydrogen) atoms. The molecule has 1 saturated carbocycles. The lowest BCUT2D eigenvalue weighted by molar-refractivity contribution is 0.234. The van der Waals surface area contributed by atoms with Gasteiger partial charge in [0.15, 0.2) is 0 Å². The topological polar surface area (TPSA) is 52.9 Å². The summed E-state index contributed by atoms with van der Waals surface area (Å²) in [5.74, 6) is 0.800. The Morgan fingerprint density at radius 3 is 2.58 bits per heavy atom. The van der Waals surface area contributed by atoms with E-state index < -0.39 is 7.12 Å². The van der Waals surface area contributed by atoms with Crippen molar-refractivity contribution in [1.82, 2.24) is 4.90 Å². The number of benzene rings is 1. The van der Waals surface area contributed by atoms with Crippen molar-refractivity contribution in [3.63, 3.8) is 0 Å². The highest BCUT2D eigenvalue weighted by Gasteiger charge is 2.21. The standard InChI is InChI=1S/C14H22BNO3/c1-16(13-5-3-4-6-13)10-11-9-12(15(17)18)7-8-14(11)19-2/h7-9,13,17-18H,3-6,10H2,1-2H3. The van der Waals surface area contributed by atoms with Crippen molar-refractivity contribution in [2.45, 2.75) is 38.3 Å². The summed E-state index contributed by atoms with van der Waals surface area (Å²) >= 11 is 0. The Morgan fingerprint density at radius 1 is 1.32 bits per heavy atom. The lowest BCUT2D eigenvalue weighted by Crippen LogP contribution is -2.32. The average molecular weight is 263 g/mol. The zero-order chi connectivity index (χ0) is 13.8. The summed E-state index contributed by atoms with van der Waals surface area (Å²) in [7, 11) is 2.34. The largest absolute Gasteiger partial charge is 0.496 e. The normalized spacial score (nSPS) is 16.1. The van der Waals surface area contributed by atoms with Gasteiger partial charge in [0.25, 0.3) is 0 Å². The molecule has 0 unspecified atom stereocenters. The van der Waals surface area contributed by atoms with E-state index in [2.05, 4.69) is 11.9 Å². The summed E-state index contributed by atoms with van der Waals surface area (Å²) in [5.41, 5.74) is 1.51. The molecule has 0 amide bonds. The van der Waals surface area contributed by atoms with Gasteiger partial charge >= 0.3 is 7.12 Å². The highest BCUT2D eigenvalue weighted by Crippen LogP contribution is 2.25. The Hall–Kier alpha value is -1.04. The van der Waals surface area contributed by atoms with E-state index in [1.165, 1.54) is 25.7 Å². The van der Waals surface area contributed by atoms with E-state index in [-0.39, 0.29) is 0 Å². The Labute approximate surface area is 115 Å². The number of methoxy groups -OCH3 is 1. The molecule has 2 rings (SSSR count). The van der Waals surface area contributed by atoms with Crippen molar-refractivity contribution in [2.24, 2.45) is 0 Å². The van der Waals surface area contributed by atoms with Crippen LogP contribution in [0, 0.1) is 0 Å². The third-order valence-corrected chi connectivity index (χ3v) is 3.97. The van der Waals surface area contributed by atoms with Gasteiger partial charge < -0.3 is 14.8 Å². The van der Waals surface area contributed by atoms with Crippen LogP contribution in [0.3, 0.4) is 0 Å². The number of nitrogens with zero attached hydrogens (tertiary/aromatic N) is 1. The van der Waals surface area contributed by atoms with Crippen LogP contribution in [0.5, 0.6) is 5.75 Å². The van der Waals surface area contributed by atoms with Gasteiger partial charge in [-0.2, -0.15) is 0 Å². The summed E-state index contributed by atoms with van der Waals surface area (Å²) in [4.78, 5) is 2.33.